The van der Waals surface area contributed by atoms with Crippen LogP contribution in [0.25, 0.3) is 0 Å². The van der Waals surface area contributed by atoms with E-state index in [0.29, 0.717) is 30.1 Å². The van der Waals surface area contributed by atoms with E-state index in [-0.39, 0.29) is 29.3 Å². The van der Waals surface area contributed by atoms with Gasteiger partial charge in [0.05, 0.1) is 12.2 Å². The zero-order valence-corrected chi connectivity index (χ0v) is 18.3. The predicted molar refractivity (Wildman–Crippen MR) is 111 cm³/mol. The fourth-order valence-corrected chi connectivity index (χ4v) is 7.46. The number of rotatable bonds is 4. The number of halogens is 1. The molecule has 0 saturated heterocycles. The summed E-state index contributed by atoms with van der Waals surface area (Å²) in [7, 11) is 0. The van der Waals surface area contributed by atoms with Gasteiger partial charge in [0.25, 0.3) is 0 Å². The molecule has 0 aliphatic heterocycles. The third-order valence-corrected chi connectivity index (χ3v) is 9.18. The molecular weight excluding hydrogens is 439 g/mol. The summed E-state index contributed by atoms with van der Waals surface area (Å²) in [5, 5.41) is 10.1. The van der Waals surface area contributed by atoms with E-state index in [1.165, 1.54) is 31.3 Å². The molecule has 0 aromatic rings. The molecule has 0 amide bonds. The first kappa shape index (κ1) is 19.4. The van der Waals surface area contributed by atoms with E-state index in [4.69, 9.17) is 4.74 Å². The van der Waals surface area contributed by atoms with Crippen LogP contribution < -0.4 is 0 Å². The Balaban J connectivity index is 1.63. The molecule has 0 heterocycles. The lowest BCUT2D eigenvalue weighted by molar-refractivity contribution is -0.142. The Morgan fingerprint density at radius 2 is 2.04 bits per heavy atom. The van der Waals surface area contributed by atoms with Crippen molar-refractivity contribution in [2.45, 2.75) is 64.4 Å². The second-order valence-corrected chi connectivity index (χ2v) is 10.6. The Kier molecular flexibility index (Phi) is 5.33. The van der Waals surface area contributed by atoms with Gasteiger partial charge in [0.15, 0.2) is 5.78 Å². The molecule has 4 heteroatoms. The van der Waals surface area contributed by atoms with Crippen LogP contribution in [0.15, 0.2) is 11.6 Å². The van der Waals surface area contributed by atoms with Gasteiger partial charge in [-0.3, -0.25) is 4.79 Å². The van der Waals surface area contributed by atoms with Crippen LogP contribution in [-0.2, 0) is 9.53 Å². The highest BCUT2D eigenvalue weighted by molar-refractivity contribution is 14.1. The van der Waals surface area contributed by atoms with Gasteiger partial charge in [-0.2, -0.15) is 0 Å². The van der Waals surface area contributed by atoms with Crippen LogP contribution in [0.4, 0.5) is 0 Å². The SMILES string of the molecule is CC1(OCCI)CCC2C3CC(CO)C4=CC(=O)CCC4C3CCC21C. The molecule has 3 fully saturated rings. The second kappa shape index (κ2) is 7.14. The van der Waals surface area contributed by atoms with Gasteiger partial charge >= 0.3 is 0 Å². The van der Waals surface area contributed by atoms with Gasteiger partial charge in [0, 0.05) is 23.4 Å². The van der Waals surface area contributed by atoms with Gasteiger partial charge in [-0.25, -0.2) is 0 Å². The third kappa shape index (κ3) is 2.85. The fraction of sp³-hybridized carbons (Fsp3) is 0.864. The van der Waals surface area contributed by atoms with Crippen molar-refractivity contribution >= 4 is 28.4 Å². The van der Waals surface area contributed by atoms with Crippen molar-refractivity contribution in [1.82, 2.24) is 0 Å². The lowest BCUT2D eigenvalue weighted by Gasteiger charge is -2.57. The number of fused-ring (bicyclic) bond motifs is 5. The number of aliphatic hydroxyl groups is 1. The number of hydrogen-bond donors (Lipinski definition) is 1. The molecule has 0 bridgehead atoms. The summed E-state index contributed by atoms with van der Waals surface area (Å²) in [5.74, 6) is 3.11. The Bertz CT molecular complexity index is 602. The van der Waals surface area contributed by atoms with Crippen LogP contribution in [0.5, 0.6) is 0 Å². The summed E-state index contributed by atoms with van der Waals surface area (Å²) in [5.41, 5.74) is 1.54. The fourth-order valence-electron chi connectivity index (χ4n) is 7.24. The maximum absolute atomic E-state index is 12.0. The summed E-state index contributed by atoms with van der Waals surface area (Å²) in [6, 6.07) is 0. The van der Waals surface area contributed by atoms with Crippen LogP contribution in [0.2, 0.25) is 0 Å². The lowest BCUT2D eigenvalue weighted by atomic mass is 9.49. The van der Waals surface area contributed by atoms with E-state index in [9.17, 15) is 9.90 Å². The highest BCUT2D eigenvalue weighted by atomic mass is 127. The maximum Gasteiger partial charge on any atom is 0.155 e. The van der Waals surface area contributed by atoms with Crippen molar-refractivity contribution in [3.05, 3.63) is 11.6 Å². The Hall–Kier alpha value is 0.0600. The molecule has 4 rings (SSSR count). The molecule has 3 nitrogen and oxygen atoms in total. The number of aliphatic hydroxyl groups excluding tert-OH is 1. The summed E-state index contributed by atoms with van der Waals surface area (Å²) < 4.78 is 7.51. The summed E-state index contributed by atoms with van der Waals surface area (Å²) in [4.78, 5) is 12.0. The zero-order chi connectivity index (χ0) is 18.5. The minimum atomic E-state index is 0.00116. The van der Waals surface area contributed by atoms with Crippen molar-refractivity contribution in [3.63, 3.8) is 0 Å². The number of alkyl halides is 1. The third-order valence-electron chi connectivity index (χ3n) is 8.74. The molecule has 0 spiro atoms. The minimum absolute atomic E-state index is 0.00116. The van der Waals surface area contributed by atoms with Crippen molar-refractivity contribution in [2.24, 2.45) is 35.0 Å². The Morgan fingerprint density at radius 1 is 1.23 bits per heavy atom. The van der Waals surface area contributed by atoms with Crippen LogP contribution in [-0.4, -0.2) is 34.1 Å². The summed E-state index contributed by atoms with van der Waals surface area (Å²) in [6.45, 7) is 5.89. The molecule has 7 atom stereocenters. The van der Waals surface area contributed by atoms with Gasteiger partial charge < -0.3 is 9.84 Å². The summed E-state index contributed by atoms with van der Waals surface area (Å²) in [6.07, 6.45) is 9.62. The van der Waals surface area contributed by atoms with E-state index in [1.54, 1.807) is 0 Å². The van der Waals surface area contributed by atoms with Gasteiger partial charge in [-0.15, -0.1) is 0 Å². The molecule has 4 aliphatic rings. The molecule has 4 aliphatic carbocycles. The molecule has 0 aromatic heterocycles. The first-order valence-electron chi connectivity index (χ1n) is 10.5. The Labute approximate surface area is 171 Å². The average molecular weight is 472 g/mol. The first-order valence-corrected chi connectivity index (χ1v) is 12.0. The average Bonchev–Trinajstić information content (AvgIpc) is 2.90. The number of carbonyl (C=O) groups excluding carboxylic acids is 1. The molecule has 1 N–H and O–H groups in total. The molecule has 3 saturated carbocycles. The van der Waals surface area contributed by atoms with Crippen molar-refractivity contribution in [3.8, 4) is 0 Å². The van der Waals surface area contributed by atoms with Gasteiger partial charge in [-0.05, 0) is 80.6 Å². The van der Waals surface area contributed by atoms with Crippen molar-refractivity contribution < 1.29 is 14.6 Å². The molecule has 26 heavy (non-hydrogen) atoms. The number of carbonyl (C=O) groups is 1. The van der Waals surface area contributed by atoms with Crippen molar-refractivity contribution in [2.75, 3.05) is 17.6 Å². The first-order chi connectivity index (χ1) is 12.4. The van der Waals surface area contributed by atoms with Gasteiger partial charge in [0.1, 0.15) is 0 Å². The highest BCUT2D eigenvalue weighted by Gasteiger charge is 2.62. The normalized spacial score (nSPS) is 47.8. The van der Waals surface area contributed by atoms with E-state index >= 15 is 0 Å². The van der Waals surface area contributed by atoms with Crippen LogP contribution in [0.3, 0.4) is 0 Å². The van der Waals surface area contributed by atoms with E-state index in [0.717, 1.165) is 23.9 Å². The molecule has 0 aromatic carbocycles. The highest BCUT2D eigenvalue weighted by Crippen LogP contribution is 2.66. The molecule has 0 radical (unpaired) electrons. The van der Waals surface area contributed by atoms with E-state index in [2.05, 4.69) is 36.4 Å². The number of ether oxygens (including phenoxy) is 1. The second-order valence-electron chi connectivity index (χ2n) is 9.57. The van der Waals surface area contributed by atoms with E-state index in [1.807, 2.05) is 6.08 Å². The van der Waals surface area contributed by atoms with Gasteiger partial charge in [-0.1, -0.05) is 35.1 Å². The quantitative estimate of drug-likeness (QED) is 0.482. The topological polar surface area (TPSA) is 46.5 Å². The van der Waals surface area contributed by atoms with Crippen LogP contribution in [0.1, 0.15) is 58.8 Å². The lowest BCUT2D eigenvalue weighted by Crippen LogP contribution is -2.53. The molecule has 7 unspecified atom stereocenters. The smallest absolute Gasteiger partial charge is 0.155 e. The number of hydrogen-bond acceptors (Lipinski definition) is 3. The molecular formula is C22H33IO3. The maximum atomic E-state index is 12.0. The van der Waals surface area contributed by atoms with Crippen molar-refractivity contribution in [1.29, 1.82) is 0 Å². The van der Waals surface area contributed by atoms with Gasteiger partial charge in [0.2, 0.25) is 0 Å². The van der Waals surface area contributed by atoms with Crippen LogP contribution >= 0.6 is 22.6 Å². The monoisotopic (exact) mass is 472 g/mol. The minimum Gasteiger partial charge on any atom is -0.396 e. The molecule has 146 valence electrons. The van der Waals surface area contributed by atoms with E-state index < -0.39 is 0 Å². The van der Waals surface area contributed by atoms with Crippen LogP contribution in [0, 0.1) is 35.0 Å². The summed E-state index contributed by atoms with van der Waals surface area (Å²) >= 11 is 2.41. The standard InChI is InChI=1S/C22H33IO3/c1-21-7-5-17-16-4-3-15(25)12-18(16)14(13-24)11-19(17)20(21)6-8-22(21,2)26-10-9-23/h12,14,16-17,19-20,24H,3-11,13H2,1-2H3. The zero-order valence-electron chi connectivity index (χ0n) is 16.2. The number of ketones is 1. The largest absolute Gasteiger partial charge is 0.396 e. The predicted octanol–water partition coefficient (Wildman–Crippen LogP) is 4.56. The Morgan fingerprint density at radius 3 is 2.77 bits per heavy atom.